The summed E-state index contributed by atoms with van der Waals surface area (Å²) in [7, 11) is 0. The highest BCUT2D eigenvalue weighted by Crippen LogP contribution is 2.35. The van der Waals surface area contributed by atoms with Crippen LogP contribution < -0.4 is 5.56 Å². The monoisotopic (exact) mass is 370 g/mol. The number of thiophene rings is 1. The SMILES string of the molecule is O=c1c2c3c(sc2n2c(CCl)nnc2n1-c1ccccc1)CCCC3. The predicted octanol–water partition coefficient (Wildman–Crippen LogP) is 3.71. The lowest BCUT2D eigenvalue weighted by Gasteiger charge is -2.11. The van der Waals surface area contributed by atoms with E-state index < -0.39 is 0 Å². The summed E-state index contributed by atoms with van der Waals surface area (Å²) in [5.74, 6) is 1.45. The highest BCUT2D eigenvalue weighted by atomic mass is 35.5. The van der Waals surface area contributed by atoms with Gasteiger partial charge in [-0.3, -0.25) is 9.20 Å². The number of hydrogen-bond acceptors (Lipinski definition) is 4. The largest absolute Gasteiger partial charge is 0.268 e. The molecular weight excluding hydrogens is 356 g/mol. The lowest BCUT2D eigenvalue weighted by atomic mass is 9.97. The molecule has 25 heavy (non-hydrogen) atoms. The van der Waals surface area contributed by atoms with Gasteiger partial charge >= 0.3 is 0 Å². The Morgan fingerprint density at radius 1 is 1.12 bits per heavy atom. The zero-order valence-corrected chi connectivity index (χ0v) is 15.0. The third-order valence-corrected chi connectivity index (χ3v) is 6.34. The Labute approximate surface area is 152 Å². The molecule has 0 aliphatic heterocycles. The molecule has 4 aromatic rings. The van der Waals surface area contributed by atoms with Crippen LogP contribution in [0.3, 0.4) is 0 Å². The number of rotatable bonds is 2. The average Bonchev–Trinajstić information content (AvgIpc) is 3.24. The molecule has 0 saturated heterocycles. The zero-order valence-electron chi connectivity index (χ0n) is 13.4. The maximum atomic E-state index is 13.4. The fraction of sp³-hybridized carbons (Fsp3) is 0.278. The standard InChI is InChI=1S/C18H15ClN4OS/c19-10-14-20-21-18-22(11-6-2-1-3-7-11)16(24)15-12-8-4-5-9-13(12)25-17(15)23(14)18/h1-3,6-7H,4-5,8-10H2. The second kappa shape index (κ2) is 5.68. The van der Waals surface area contributed by atoms with Crippen LogP contribution in [-0.2, 0) is 18.7 Å². The molecule has 1 aliphatic rings. The molecule has 3 aromatic heterocycles. The predicted molar refractivity (Wildman–Crippen MR) is 100 cm³/mol. The highest BCUT2D eigenvalue weighted by molar-refractivity contribution is 7.18. The Hall–Kier alpha value is -2.18. The van der Waals surface area contributed by atoms with Crippen LogP contribution in [0.5, 0.6) is 0 Å². The van der Waals surface area contributed by atoms with Crippen molar-refractivity contribution in [2.45, 2.75) is 31.6 Å². The Morgan fingerprint density at radius 3 is 2.72 bits per heavy atom. The van der Waals surface area contributed by atoms with Gasteiger partial charge in [-0.2, -0.15) is 0 Å². The summed E-state index contributed by atoms with van der Waals surface area (Å²) in [5, 5.41) is 9.31. The van der Waals surface area contributed by atoms with E-state index in [4.69, 9.17) is 11.6 Å². The summed E-state index contributed by atoms with van der Waals surface area (Å²) in [6.45, 7) is 0. The molecule has 0 atom stereocenters. The van der Waals surface area contributed by atoms with Gasteiger partial charge in [-0.25, -0.2) is 4.57 Å². The number of fused-ring (bicyclic) bond motifs is 5. The van der Waals surface area contributed by atoms with E-state index in [1.165, 1.54) is 16.9 Å². The van der Waals surface area contributed by atoms with Crippen LogP contribution in [0, 0.1) is 0 Å². The number of benzene rings is 1. The first-order valence-corrected chi connectivity index (χ1v) is 9.69. The molecule has 7 heteroatoms. The summed E-state index contributed by atoms with van der Waals surface area (Å²) in [5.41, 5.74) is 1.99. The molecule has 0 radical (unpaired) electrons. The number of hydrogen-bond donors (Lipinski definition) is 0. The van der Waals surface area contributed by atoms with Crippen molar-refractivity contribution in [3.8, 4) is 5.69 Å². The van der Waals surface area contributed by atoms with Gasteiger partial charge in [0.15, 0.2) is 5.82 Å². The molecule has 0 amide bonds. The molecule has 1 aliphatic carbocycles. The van der Waals surface area contributed by atoms with Gasteiger partial charge in [-0.15, -0.1) is 33.1 Å². The zero-order chi connectivity index (χ0) is 17.0. The van der Waals surface area contributed by atoms with Gasteiger partial charge in [0.05, 0.1) is 17.0 Å². The minimum absolute atomic E-state index is 0.0124. The number of aromatic nitrogens is 4. The number of alkyl halides is 1. The molecular formula is C18H15ClN4OS. The number of para-hydroxylation sites is 1. The van der Waals surface area contributed by atoms with Gasteiger partial charge in [0.25, 0.3) is 5.56 Å². The second-order valence-corrected chi connectivity index (χ2v) is 7.60. The van der Waals surface area contributed by atoms with E-state index in [-0.39, 0.29) is 11.4 Å². The summed E-state index contributed by atoms with van der Waals surface area (Å²) < 4.78 is 3.62. The fourth-order valence-corrected chi connectivity index (χ4v) is 5.26. The van der Waals surface area contributed by atoms with Crippen LogP contribution in [0.2, 0.25) is 0 Å². The Balaban J connectivity index is 2.01. The smallest absolute Gasteiger partial charge is 0.268 e. The first kappa shape index (κ1) is 15.1. The van der Waals surface area contributed by atoms with Crippen LogP contribution in [0.15, 0.2) is 35.1 Å². The molecule has 0 spiro atoms. The van der Waals surface area contributed by atoms with E-state index in [0.717, 1.165) is 35.2 Å². The summed E-state index contributed by atoms with van der Waals surface area (Å²) in [4.78, 5) is 15.7. The van der Waals surface area contributed by atoms with E-state index in [9.17, 15) is 4.79 Å². The van der Waals surface area contributed by atoms with Crippen molar-refractivity contribution < 1.29 is 0 Å². The molecule has 5 nitrogen and oxygen atoms in total. The third-order valence-electron chi connectivity index (χ3n) is 4.82. The Morgan fingerprint density at radius 2 is 1.92 bits per heavy atom. The Bertz CT molecular complexity index is 1160. The molecule has 0 N–H and O–H groups in total. The van der Waals surface area contributed by atoms with Crippen LogP contribution >= 0.6 is 22.9 Å². The quantitative estimate of drug-likeness (QED) is 0.505. The van der Waals surface area contributed by atoms with E-state index in [1.54, 1.807) is 15.9 Å². The van der Waals surface area contributed by atoms with Crippen molar-refractivity contribution in [3.05, 3.63) is 57.0 Å². The molecule has 0 saturated carbocycles. The normalized spacial score (nSPS) is 14.3. The molecule has 0 fully saturated rings. The van der Waals surface area contributed by atoms with E-state index >= 15 is 0 Å². The van der Waals surface area contributed by atoms with E-state index in [0.29, 0.717) is 11.6 Å². The van der Waals surface area contributed by atoms with Crippen molar-refractivity contribution in [1.29, 1.82) is 0 Å². The van der Waals surface area contributed by atoms with Crippen molar-refractivity contribution in [2.24, 2.45) is 0 Å². The number of aryl methyl sites for hydroxylation is 2. The summed E-state index contributed by atoms with van der Waals surface area (Å²) in [6.07, 6.45) is 4.31. The minimum Gasteiger partial charge on any atom is -0.268 e. The second-order valence-electron chi connectivity index (χ2n) is 6.25. The Kier molecular flexibility index (Phi) is 3.43. The summed E-state index contributed by atoms with van der Waals surface area (Å²) >= 11 is 7.80. The molecule has 0 bridgehead atoms. The van der Waals surface area contributed by atoms with Gasteiger partial charge < -0.3 is 0 Å². The van der Waals surface area contributed by atoms with Crippen LogP contribution in [0.25, 0.3) is 21.7 Å². The third kappa shape index (κ3) is 2.10. The first-order valence-electron chi connectivity index (χ1n) is 8.34. The van der Waals surface area contributed by atoms with Gasteiger partial charge in [0.1, 0.15) is 4.83 Å². The maximum absolute atomic E-state index is 13.4. The molecule has 3 heterocycles. The minimum atomic E-state index is -0.0124. The lowest BCUT2D eigenvalue weighted by Crippen LogP contribution is -2.22. The van der Waals surface area contributed by atoms with Gasteiger partial charge in [0, 0.05) is 4.88 Å². The van der Waals surface area contributed by atoms with Gasteiger partial charge in [-0.1, -0.05) is 18.2 Å². The number of nitrogens with zero attached hydrogens (tertiary/aromatic N) is 4. The fourth-order valence-electron chi connectivity index (χ4n) is 3.69. The highest BCUT2D eigenvalue weighted by Gasteiger charge is 2.24. The van der Waals surface area contributed by atoms with Crippen molar-refractivity contribution in [1.82, 2.24) is 19.2 Å². The van der Waals surface area contributed by atoms with Crippen molar-refractivity contribution in [3.63, 3.8) is 0 Å². The van der Waals surface area contributed by atoms with Crippen molar-refractivity contribution >= 4 is 38.9 Å². The van der Waals surface area contributed by atoms with Crippen LogP contribution in [0.1, 0.15) is 29.1 Å². The molecule has 126 valence electrons. The van der Waals surface area contributed by atoms with Crippen LogP contribution in [-0.4, -0.2) is 19.2 Å². The average molecular weight is 371 g/mol. The van der Waals surface area contributed by atoms with Gasteiger partial charge in [0.2, 0.25) is 5.78 Å². The van der Waals surface area contributed by atoms with Crippen LogP contribution in [0.4, 0.5) is 0 Å². The first-order chi connectivity index (χ1) is 12.3. The maximum Gasteiger partial charge on any atom is 0.268 e. The van der Waals surface area contributed by atoms with E-state index in [2.05, 4.69) is 10.2 Å². The summed E-state index contributed by atoms with van der Waals surface area (Å²) in [6, 6.07) is 9.61. The van der Waals surface area contributed by atoms with Gasteiger partial charge in [-0.05, 0) is 43.4 Å². The number of halogens is 1. The topological polar surface area (TPSA) is 52.2 Å². The van der Waals surface area contributed by atoms with E-state index in [1.807, 2.05) is 34.7 Å². The molecule has 0 unspecified atom stereocenters. The molecule has 5 rings (SSSR count). The molecule has 1 aromatic carbocycles. The van der Waals surface area contributed by atoms with Crippen molar-refractivity contribution in [2.75, 3.05) is 0 Å². The lowest BCUT2D eigenvalue weighted by molar-refractivity contribution is 0.699.